The van der Waals surface area contributed by atoms with Crippen LogP contribution in [0.2, 0.25) is 0 Å². The van der Waals surface area contributed by atoms with E-state index in [0.29, 0.717) is 36.5 Å². The number of fused-ring (bicyclic) bond motifs is 2. The number of rotatable bonds is 7. The fourth-order valence-corrected chi connectivity index (χ4v) is 6.98. The van der Waals surface area contributed by atoms with E-state index in [1.165, 1.54) is 29.6 Å². The second-order valence-electron chi connectivity index (χ2n) is 9.20. The molecule has 1 aliphatic heterocycles. The molecule has 0 aliphatic carbocycles. The molecule has 0 fully saturated rings. The van der Waals surface area contributed by atoms with E-state index in [9.17, 15) is 14.4 Å². The number of thioether (sulfide) groups is 2. The summed E-state index contributed by atoms with van der Waals surface area (Å²) < 4.78 is 5.81. The first-order chi connectivity index (χ1) is 19.5. The largest absolute Gasteiger partial charge is 0.497 e. The van der Waals surface area contributed by atoms with Gasteiger partial charge < -0.3 is 4.74 Å². The molecule has 40 heavy (non-hydrogen) atoms. The van der Waals surface area contributed by atoms with Gasteiger partial charge in [-0.15, -0.1) is 0 Å². The number of carbonyl (C=O) groups is 3. The third kappa shape index (κ3) is 5.11. The van der Waals surface area contributed by atoms with Crippen molar-refractivity contribution in [2.24, 2.45) is 0 Å². The topological polar surface area (TPSA) is 60.4 Å². The summed E-state index contributed by atoms with van der Waals surface area (Å²) in [6.07, 6.45) is 1.52. The van der Waals surface area contributed by atoms with Gasteiger partial charge in [0.05, 0.1) is 21.2 Å². The Morgan fingerprint density at radius 3 is 1.62 bits per heavy atom. The highest BCUT2D eigenvalue weighted by Crippen LogP contribution is 2.51. The lowest BCUT2D eigenvalue weighted by molar-refractivity contribution is 0.101. The Morgan fingerprint density at radius 1 is 0.575 bits per heavy atom. The zero-order valence-corrected chi connectivity index (χ0v) is 23.1. The SMILES string of the molecule is COc1ccc(C(=O)C2=C(C(=O)c3ccc4ccccc4c3)S/C(=C\C(=O)c3ccc4ccccc4c3)S2)cc1. The Balaban J connectivity index is 1.36. The molecule has 0 saturated carbocycles. The van der Waals surface area contributed by atoms with Crippen LogP contribution in [0.25, 0.3) is 21.5 Å². The Hall–Kier alpha value is -4.39. The summed E-state index contributed by atoms with van der Waals surface area (Å²) in [7, 11) is 1.56. The van der Waals surface area contributed by atoms with Gasteiger partial charge in [0.1, 0.15) is 5.75 Å². The molecule has 0 radical (unpaired) electrons. The van der Waals surface area contributed by atoms with Crippen LogP contribution in [-0.2, 0) is 0 Å². The summed E-state index contributed by atoms with van der Waals surface area (Å²) in [5.41, 5.74) is 1.48. The summed E-state index contributed by atoms with van der Waals surface area (Å²) in [6, 6.07) is 33.5. The fourth-order valence-electron chi connectivity index (χ4n) is 4.54. The third-order valence-electron chi connectivity index (χ3n) is 6.67. The highest BCUT2D eigenvalue weighted by atomic mass is 32.2. The molecule has 0 bridgehead atoms. The zero-order valence-electron chi connectivity index (χ0n) is 21.4. The second kappa shape index (κ2) is 11.0. The quantitative estimate of drug-likeness (QED) is 0.147. The number of methoxy groups -OCH3 is 1. The van der Waals surface area contributed by atoms with Gasteiger partial charge in [-0.2, -0.15) is 0 Å². The van der Waals surface area contributed by atoms with Gasteiger partial charge in [-0.05, 0) is 57.9 Å². The molecule has 0 unspecified atom stereocenters. The van der Waals surface area contributed by atoms with Crippen LogP contribution in [0.4, 0.5) is 0 Å². The molecular weight excluding hydrogens is 537 g/mol. The zero-order chi connectivity index (χ0) is 27.6. The van der Waals surface area contributed by atoms with Crippen LogP contribution in [0.1, 0.15) is 31.1 Å². The van der Waals surface area contributed by atoms with Crippen molar-refractivity contribution in [1.29, 1.82) is 0 Å². The van der Waals surface area contributed by atoms with Crippen molar-refractivity contribution in [2.45, 2.75) is 0 Å². The summed E-state index contributed by atoms with van der Waals surface area (Å²) in [5, 5.41) is 3.99. The molecule has 0 atom stereocenters. The van der Waals surface area contributed by atoms with Crippen molar-refractivity contribution in [2.75, 3.05) is 7.11 Å². The summed E-state index contributed by atoms with van der Waals surface area (Å²) in [4.78, 5) is 41.3. The second-order valence-corrected chi connectivity index (χ2v) is 11.6. The van der Waals surface area contributed by atoms with E-state index < -0.39 is 0 Å². The van der Waals surface area contributed by atoms with E-state index in [-0.39, 0.29) is 17.3 Å². The van der Waals surface area contributed by atoms with Gasteiger partial charge >= 0.3 is 0 Å². The number of hydrogen-bond donors (Lipinski definition) is 0. The molecular formula is C34H22O4S2. The van der Waals surface area contributed by atoms with Crippen LogP contribution >= 0.6 is 23.5 Å². The number of ether oxygens (including phenoxy) is 1. The van der Waals surface area contributed by atoms with E-state index in [4.69, 9.17) is 4.74 Å². The van der Waals surface area contributed by atoms with Gasteiger partial charge in [-0.1, -0.05) is 96.3 Å². The van der Waals surface area contributed by atoms with E-state index in [2.05, 4.69) is 0 Å². The van der Waals surface area contributed by atoms with Crippen LogP contribution in [0.5, 0.6) is 5.75 Å². The maximum atomic E-state index is 13.8. The third-order valence-corrected chi connectivity index (χ3v) is 9.13. The smallest absolute Gasteiger partial charge is 0.201 e. The maximum Gasteiger partial charge on any atom is 0.201 e. The molecule has 5 aromatic rings. The van der Waals surface area contributed by atoms with Crippen molar-refractivity contribution < 1.29 is 19.1 Å². The molecule has 4 nitrogen and oxygen atoms in total. The van der Waals surface area contributed by atoms with E-state index in [1.807, 2.05) is 72.8 Å². The van der Waals surface area contributed by atoms with Gasteiger partial charge in [-0.25, -0.2) is 0 Å². The lowest BCUT2D eigenvalue weighted by Crippen LogP contribution is -2.07. The molecule has 5 aromatic carbocycles. The first-order valence-corrected chi connectivity index (χ1v) is 14.2. The van der Waals surface area contributed by atoms with E-state index in [0.717, 1.165) is 21.5 Å². The molecule has 194 valence electrons. The van der Waals surface area contributed by atoms with Crippen molar-refractivity contribution in [1.82, 2.24) is 0 Å². The minimum atomic E-state index is -0.272. The normalized spacial score (nSPS) is 14.2. The number of carbonyl (C=O) groups excluding carboxylic acids is 3. The molecule has 0 N–H and O–H groups in total. The van der Waals surface area contributed by atoms with Gasteiger partial charge in [0.15, 0.2) is 5.78 Å². The average Bonchev–Trinajstić information content (AvgIpc) is 3.43. The van der Waals surface area contributed by atoms with Crippen LogP contribution in [0.3, 0.4) is 0 Å². The van der Waals surface area contributed by atoms with Crippen LogP contribution in [0, 0.1) is 0 Å². The Morgan fingerprint density at radius 2 is 1.05 bits per heavy atom. The van der Waals surface area contributed by atoms with Crippen molar-refractivity contribution in [3.05, 3.63) is 146 Å². The van der Waals surface area contributed by atoms with Crippen molar-refractivity contribution in [3.8, 4) is 5.75 Å². The van der Waals surface area contributed by atoms with Crippen molar-refractivity contribution in [3.63, 3.8) is 0 Å². The van der Waals surface area contributed by atoms with Gasteiger partial charge in [-0.3, -0.25) is 14.4 Å². The van der Waals surface area contributed by atoms with Gasteiger partial charge in [0, 0.05) is 22.8 Å². The molecule has 1 heterocycles. The van der Waals surface area contributed by atoms with Crippen molar-refractivity contribution >= 4 is 62.4 Å². The number of hydrogen-bond acceptors (Lipinski definition) is 6. The molecule has 0 saturated heterocycles. The number of Topliss-reactive ketones (excluding diaryl/α,β-unsaturated/α-hetero) is 2. The van der Waals surface area contributed by atoms with E-state index in [1.54, 1.807) is 43.5 Å². The van der Waals surface area contributed by atoms with Gasteiger partial charge in [0.25, 0.3) is 0 Å². The summed E-state index contributed by atoms with van der Waals surface area (Å²) >= 11 is 2.34. The molecule has 0 aromatic heterocycles. The predicted molar refractivity (Wildman–Crippen MR) is 164 cm³/mol. The van der Waals surface area contributed by atoms with Gasteiger partial charge in [0.2, 0.25) is 11.6 Å². The minimum Gasteiger partial charge on any atom is -0.497 e. The van der Waals surface area contributed by atoms with E-state index >= 15 is 0 Å². The van der Waals surface area contributed by atoms with Crippen LogP contribution < -0.4 is 4.74 Å². The molecule has 6 rings (SSSR count). The molecule has 0 spiro atoms. The number of ketones is 3. The summed E-state index contributed by atoms with van der Waals surface area (Å²) in [6.45, 7) is 0. The number of allylic oxidation sites excluding steroid dienone is 3. The lowest BCUT2D eigenvalue weighted by Gasteiger charge is -2.07. The Labute approximate surface area is 239 Å². The molecule has 6 heteroatoms. The molecule has 1 aliphatic rings. The fraction of sp³-hybridized carbons (Fsp3) is 0.0294. The van der Waals surface area contributed by atoms with Crippen LogP contribution in [-0.4, -0.2) is 24.5 Å². The lowest BCUT2D eigenvalue weighted by atomic mass is 10.0. The first kappa shape index (κ1) is 25.9. The Kier molecular flexibility index (Phi) is 7.11. The molecule has 0 amide bonds. The maximum absolute atomic E-state index is 13.8. The monoisotopic (exact) mass is 558 g/mol. The minimum absolute atomic E-state index is 0.184. The predicted octanol–water partition coefficient (Wildman–Crippen LogP) is 8.48. The highest BCUT2D eigenvalue weighted by Gasteiger charge is 2.32. The first-order valence-electron chi connectivity index (χ1n) is 12.6. The number of benzene rings is 5. The summed E-state index contributed by atoms with van der Waals surface area (Å²) in [5.74, 6) is -0.0723. The Bertz CT molecular complexity index is 1880. The highest BCUT2D eigenvalue weighted by molar-refractivity contribution is 8.29. The van der Waals surface area contributed by atoms with Crippen LogP contribution in [0.15, 0.2) is 129 Å². The average molecular weight is 559 g/mol. The standard InChI is InChI=1S/C34H22O4S2/c1-38-28-16-14-23(15-17-28)31(36)33-34(32(37)27-13-11-22-7-3-5-9-25(22)19-27)40-30(39-33)20-29(35)26-12-10-21-6-2-4-8-24(21)18-26/h2-20H,1H3/b30-20-.